The molecule has 106 valence electrons. The summed E-state index contributed by atoms with van der Waals surface area (Å²) in [5.74, 6) is -0.879. The summed E-state index contributed by atoms with van der Waals surface area (Å²) in [5.41, 5.74) is 6.86. The van der Waals surface area contributed by atoms with Crippen LogP contribution in [0.4, 0.5) is 0 Å². The lowest BCUT2D eigenvalue weighted by Crippen LogP contribution is -2.41. The fraction of sp³-hybridized carbons (Fsp3) is 0.0625. The van der Waals surface area contributed by atoms with Gasteiger partial charge in [-0.05, 0) is 36.3 Å². The second-order valence-corrected chi connectivity index (χ2v) is 4.35. The number of rotatable bonds is 3. The number of carbonyl (C=O) groups excluding carboxylic acids is 2. The zero-order valence-electron chi connectivity index (χ0n) is 11.5. The molecule has 21 heavy (non-hydrogen) atoms. The van der Waals surface area contributed by atoms with Crippen molar-refractivity contribution in [3.05, 3.63) is 71.6 Å². The standard InChI is InChI=1S/C16H15N3O2/c1-12-6-2-3-7-13(12)9-10-15(20)18-19-16(21)14-8-4-5-11-17-14/h2-11H,1H3,(H,18,20)(H,19,21)/b10-9+. The van der Waals surface area contributed by atoms with Crippen molar-refractivity contribution in [3.8, 4) is 0 Å². The van der Waals surface area contributed by atoms with Crippen LogP contribution in [0.5, 0.6) is 0 Å². The van der Waals surface area contributed by atoms with Crippen molar-refractivity contribution in [3.63, 3.8) is 0 Å². The number of hydrazine groups is 1. The molecule has 0 fully saturated rings. The first kappa shape index (κ1) is 14.5. The van der Waals surface area contributed by atoms with Crippen molar-refractivity contribution in [2.75, 3.05) is 0 Å². The summed E-state index contributed by atoms with van der Waals surface area (Å²) in [7, 11) is 0. The molecule has 0 aliphatic carbocycles. The highest BCUT2D eigenvalue weighted by Gasteiger charge is 2.06. The first-order valence-electron chi connectivity index (χ1n) is 6.42. The van der Waals surface area contributed by atoms with Crippen molar-refractivity contribution in [1.29, 1.82) is 0 Å². The number of pyridine rings is 1. The van der Waals surface area contributed by atoms with Crippen LogP contribution in [0.3, 0.4) is 0 Å². The minimum atomic E-state index is -0.465. The minimum absolute atomic E-state index is 0.237. The number of benzene rings is 1. The Kier molecular flexibility index (Phi) is 4.82. The van der Waals surface area contributed by atoms with Gasteiger partial charge in [0.2, 0.25) is 0 Å². The van der Waals surface area contributed by atoms with Crippen LogP contribution in [0.25, 0.3) is 6.08 Å². The second-order valence-electron chi connectivity index (χ2n) is 4.35. The van der Waals surface area contributed by atoms with Crippen LogP contribution < -0.4 is 10.9 Å². The van der Waals surface area contributed by atoms with Crippen molar-refractivity contribution in [2.45, 2.75) is 6.92 Å². The molecule has 0 saturated heterocycles. The molecule has 0 unspecified atom stereocenters. The van der Waals surface area contributed by atoms with Gasteiger partial charge in [0.1, 0.15) is 5.69 Å². The molecule has 0 aliphatic rings. The molecule has 0 saturated carbocycles. The normalized spacial score (nSPS) is 10.3. The molecular formula is C16H15N3O2. The fourth-order valence-corrected chi connectivity index (χ4v) is 1.66. The van der Waals surface area contributed by atoms with E-state index in [1.54, 1.807) is 24.3 Å². The van der Waals surface area contributed by atoms with Gasteiger partial charge in [-0.25, -0.2) is 0 Å². The monoisotopic (exact) mass is 281 g/mol. The Bertz CT molecular complexity index is 666. The topological polar surface area (TPSA) is 71.1 Å². The van der Waals surface area contributed by atoms with E-state index in [4.69, 9.17) is 0 Å². The summed E-state index contributed by atoms with van der Waals surface area (Å²) in [5, 5.41) is 0. The van der Waals surface area contributed by atoms with Gasteiger partial charge in [0.05, 0.1) is 0 Å². The summed E-state index contributed by atoms with van der Waals surface area (Å²) in [6, 6.07) is 12.7. The number of hydrogen-bond acceptors (Lipinski definition) is 3. The molecular weight excluding hydrogens is 266 g/mol. The summed E-state index contributed by atoms with van der Waals surface area (Å²) in [6.45, 7) is 1.96. The Balaban J connectivity index is 1.88. The number of amides is 2. The van der Waals surface area contributed by atoms with Crippen LogP contribution in [0.1, 0.15) is 21.6 Å². The fourth-order valence-electron chi connectivity index (χ4n) is 1.66. The number of nitrogens with zero attached hydrogens (tertiary/aromatic N) is 1. The van der Waals surface area contributed by atoms with E-state index in [1.165, 1.54) is 12.3 Å². The van der Waals surface area contributed by atoms with Gasteiger partial charge in [-0.3, -0.25) is 25.4 Å². The number of hydrogen-bond donors (Lipinski definition) is 2. The third-order valence-electron chi connectivity index (χ3n) is 2.80. The predicted octanol–water partition coefficient (Wildman–Crippen LogP) is 1.86. The van der Waals surface area contributed by atoms with Gasteiger partial charge in [0, 0.05) is 12.3 Å². The third kappa shape index (κ3) is 4.28. The van der Waals surface area contributed by atoms with Crippen LogP contribution in [-0.2, 0) is 4.79 Å². The van der Waals surface area contributed by atoms with E-state index < -0.39 is 11.8 Å². The van der Waals surface area contributed by atoms with E-state index in [-0.39, 0.29) is 5.69 Å². The first-order chi connectivity index (χ1) is 10.2. The Morgan fingerprint density at radius 2 is 1.81 bits per heavy atom. The summed E-state index contributed by atoms with van der Waals surface area (Å²) < 4.78 is 0. The number of aromatic nitrogens is 1. The van der Waals surface area contributed by atoms with Gasteiger partial charge in [0.15, 0.2) is 0 Å². The lowest BCUT2D eigenvalue weighted by Gasteiger charge is -2.04. The predicted molar refractivity (Wildman–Crippen MR) is 80.1 cm³/mol. The van der Waals surface area contributed by atoms with E-state index >= 15 is 0 Å². The SMILES string of the molecule is Cc1ccccc1/C=C/C(=O)NNC(=O)c1ccccn1. The smallest absolute Gasteiger partial charge is 0.268 e. The Labute approximate surface area is 122 Å². The maximum atomic E-state index is 11.7. The van der Waals surface area contributed by atoms with E-state index in [0.29, 0.717) is 0 Å². The molecule has 0 radical (unpaired) electrons. The lowest BCUT2D eigenvalue weighted by molar-refractivity contribution is -0.117. The molecule has 5 heteroatoms. The Hall–Kier alpha value is -2.95. The molecule has 1 aromatic carbocycles. The van der Waals surface area contributed by atoms with Gasteiger partial charge in [-0.15, -0.1) is 0 Å². The van der Waals surface area contributed by atoms with Crippen LogP contribution in [0.15, 0.2) is 54.7 Å². The van der Waals surface area contributed by atoms with Crippen LogP contribution in [0, 0.1) is 6.92 Å². The van der Waals surface area contributed by atoms with Crippen molar-refractivity contribution in [2.24, 2.45) is 0 Å². The van der Waals surface area contributed by atoms with Crippen molar-refractivity contribution < 1.29 is 9.59 Å². The van der Waals surface area contributed by atoms with Gasteiger partial charge < -0.3 is 0 Å². The van der Waals surface area contributed by atoms with Gasteiger partial charge in [0.25, 0.3) is 11.8 Å². The zero-order valence-corrected chi connectivity index (χ0v) is 11.5. The van der Waals surface area contributed by atoms with E-state index in [0.717, 1.165) is 11.1 Å². The van der Waals surface area contributed by atoms with E-state index in [1.807, 2.05) is 31.2 Å². The maximum Gasteiger partial charge on any atom is 0.288 e. The minimum Gasteiger partial charge on any atom is -0.268 e. The molecule has 0 aliphatic heterocycles. The van der Waals surface area contributed by atoms with Crippen LogP contribution >= 0.6 is 0 Å². The molecule has 5 nitrogen and oxygen atoms in total. The molecule has 0 atom stereocenters. The molecule has 2 aromatic rings. The van der Waals surface area contributed by atoms with Gasteiger partial charge in [-0.1, -0.05) is 30.3 Å². The number of nitrogens with one attached hydrogen (secondary N) is 2. The van der Waals surface area contributed by atoms with E-state index in [2.05, 4.69) is 15.8 Å². The lowest BCUT2D eigenvalue weighted by atomic mass is 10.1. The maximum absolute atomic E-state index is 11.7. The molecule has 2 N–H and O–H groups in total. The molecule has 0 spiro atoms. The Morgan fingerprint density at radius 1 is 1.05 bits per heavy atom. The molecule has 1 heterocycles. The Morgan fingerprint density at radius 3 is 2.52 bits per heavy atom. The van der Waals surface area contributed by atoms with Crippen LogP contribution in [-0.4, -0.2) is 16.8 Å². The largest absolute Gasteiger partial charge is 0.288 e. The molecule has 2 amide bonds. The highest BCUT2D eigenvalue weighted by molar-refractivity contribution is 5.96. The van der Waals surface area contributed by atoms with Gasteiger partial charge in [-0.2, -0.15) is 0 Å². The zero-order chi connectivity index (χ0) is 15.1. The van der Waals surface area contributed by atoms with Crippen LogP contribution in [0.2, 0.25) is 0 Å². The summed E-state index contributed by atoms with van der Waals surface area (Å²) in [6.07, 6.45) is 4.56. The second kappa shape index (κ2) is 7.00. The molecule has 1 aromatic heterocycles. The van der Waals surface area contributed by atoms with Crippen molar-refractivity contribution in [1.82, 2.24) is 15.8 Å². The van der Waals surface area contributed by atoms with Crippen molar-refractivity contribution >= 4 is 17.9 Å². The van der Waals surface area contributed by atoms with E-state index in [9.17, 15) is 9.59 Å². The first-order valence-corrected chi connectivity index (χ1v) is 6.42. The molecule has 2 rings (SSSR count). The average Bonchev–Trinajstić information content (AvgIpc) is 2.52. The third-order valence-corrected chi connectivity index (χ3v) is 2.80. The summed E-state index contributed by atoms with van der Waals surface area (Å²) in [4.78, 5) is 27.2. The summed E-state index contributed by atoms with van der Waals surface area (Å²) >= 11 is 0. The number of carbonyl (C=O) groups is 2. The number of aryl methyl sites for hydroxylation is 1. The quantitative estimate of drug-likeness (QED) is 0.666. The molecule has 0 bridgehead atoms. The van der Waals surface area contributed by atoms with Gasteiger partial charge >= 0.3 is 0 Å². The average molecular weight is 281 g/mol. The highest BCUT2D eigenvalue weighted by Crippen LogP contribution is 2.08. The highest BCUT2D eigenvalue weighted by atomic mass is 16.2.